The van der Waals surface area contributed by atoms with Gasteiger partial charge in [0.25, 0.3) is 5.79 Å². The third-order valence-electron chi connectivity index (χ3n) is 14.9. The molecule has 5 aliphatic heterocycles. The highest BCUT2D eigenvalue weighted by Gasteiger charge is 2.94. The van der Waals surface area contributed by atoms with Gasteiger partial charge in [-0.3, -0.25) is 4.79 Å². The summed E-state index contributed by atoms with van der Waals surface area (Å²) < 4.78 is 57.5. The zero-order valence-corrected chi connectivity index (χ0v) is 31.6. The number of hydrogen-bond acceptors (Lipinski definition) is 14. The first-order valence-electron chi connectivity index (χ1n) is 18.4. The third-order valence-corrected chi connectivity index (χ3v) is 14.9. The highest BCUT2D eigenvalue weighted by atomic mass is 16.7. The molecule has 0 radical (unpaired) electrons. The molecule has 16 atom stereocenters. The van der Waals surface area contributed by atoms with Gasteiger partial charge in [-0.15, -0.1) is 0 Å². The molecular weight excluding hydrogens is 680 g/mol. The number of ether oxygens (including phenoxy) is 9. The predicted octanol–water partition coefficient (Wildman–Crippen LogP) is 2.32. The van der Waals surface area contributed by atoms with Gasteiger partial charge < -0.3 is 52.8 Å². The van der Waals surface area contributed by atoms with Crippen LogP contribution in [-0.2, 0) is 57.0 Å². The van der Waals surface area contributed by atoms with Crippen LogP contribution in [0.5, 0.6) is 0 Å². The monoisotopic (exact) mass is 732 g/mol. The van der Waals surface area contributed by atoms with Crippen molar-refractivity contribution in [2.45, 2.75) is 128 Å². The van der Waals surface area contributed by atoms with Crippen LogP contribution in [0.2, 0.25) is 0 Å². The summed E-state index contributed by atoms with van der Waals surface area (Å²) in [7, 11) is 2.58. The van der Waals surface area contributed by atoms with Crippen LogP contribution in [0, 0.1) is 39.9 Å². The smallest absolute Gasteiger partial charge is 0.366 e. The number of rotatable bonds is 6. The molecule has 2 N–H and O–H groups in total. The Hall–Kier alpha value is -2.59. The lowest BCUT2D eigenvalue weighted by atomic mass is 9.37. The van der Waals surface area contributed by atoms with E-state index in [9.17, 15) is 24.6 Å². The van der Waals surface area contributed by atoms with E-state index in [4.69, 9.17) is 42.6 Å². The van der Waals surface area contributed by atoms with Crippen molar-refractivity contribution in [1.29, 1.82) is 0 Å². The summed E-state index contributed by atoms with van der Waals surface area (Å²) >= 11 is 0. The van der Waals surface area contributed by atoms with Crippen molar-refractivity contribution in [2.24, 2.45) is 39.9 Å². The lowest BCUT2D eigenvalue weighted by Gasteiger charge is -2.66. The summed E-state index contributed by atoms with van der Waals surface area (Å²) in [5.74, 6) is -5.95. The van der Waals surface area contributed by atoms with Gasteiger partial charge in [0.2, 0.25) is 6.29 Å². The van der Waals surface area contributed by atoms with Crippen LogP contribution in [0.3, 0.4) is 0 Å². The molecule has 288 valence electrons. The molecule has 0 unspecified atom stereocenters. The average Bonchev–Trinajstić information content (AvgIpc) is 3.84. The molecule has 52 heavy (non-hydrogen) atoms. The Morgan fingerprint density at radius 1 is 1.02 bits per heavy atom. The molecule has 14 heteroatoms. The quantitative estimate of drug-likeness (QED) is 0.231. The van der Waals surface area contributed by atoms with E-state index in [0.29, 0.717) is 11.3 Å². The zero-order valence-electron chi connectivity index (χ0n) is 31.6. The van der Waals surface area contributed by atoms with E-state index >= 15 is 0 Å². The number of aliphatic hydroxyl groups is 2. The number of methoxy groups -OCH3 is 2. The Morgan fingerprint density at radius 3 is 2.35 bits per heavy atom. The lowest BCUT2D eigenvalue weighted by Crippen LogP contribution is -2.78. The molecule has 7 fully saturated rings. The van der Waals surface area contributed by atoms with Crippen LogP contribution >= 0.6 is 0 Å². The maximum atomic E-state index is 14.3. The van der Waals surface area contributed by atoms with Gasteiger partial charge in [-0.2, -0.15) is 0 Å². The highest BCUT2D eigenvalue weighted by Crippen LogP contribution is 2.81. The fraction of sp³-hybridized carbons (Fsp3) is 0.816. The molecule has 14 nitrogen and oxygen atoms in total. The molecule has 1 spiro atoms. The SMILES string of the molecule is C/C=C(\C)C(=O)O[C@H]1C[C@@H](OC(C)=O)[C@@]2(C)CO[C@H]3[C@H]4O[C@]5(C)[C@H]6C[C@H](O[C@H]7OC(C(C)C)=C[C@@]76O)[C@]5(O)[C@@]4(C)[C@@H]4[C@@](OC)(C(=O)OC)OC[C@@]14[C@@H]32. The molecule has 0 aromatic rings. The van der Waals surface area contributed by atoms with Gasteiger partial charge in [0.1, 0.15) is 29.2 Å². The molecule has 0 amide bonds. The van der Waals surface area contributed by atoms with Crippen LogP contribution in [0.25, 0.3) is 0 Å². The van der Waals surface area contributed by atoms with Gasteiger partial charge >= 0.3 is 17.9 Å². The van der Waals surface area contributed by atoms with Crippen molar-refractivity contribution in [3.05, 3.63) is 23.5 Å². The number of fused-ring (bicyclic) bond motifs is 11. The van der Waals surface area contributed by atoms with Crippen LogP contribution in [0.15, 0.2) is 23.5 Å². The molecule has 3 saturated carbocycles. The number of hydrogen-bond donors (Lipinski definition) is 2. The minimum atomic E-state index is -2.13. The predicted molar refractivity (Wildman–Crippen MR) is 177 cm³/mol. The Labute approximate surface area is 303 Å². The minimum Gasteiger partial charge on any atom is -0.466 e. The van der Waals surface area contributed by atoms with Crippen molar-refractivity contribution < 1.29 is 67.2 Å². The van der Waals surface area contributed by atoms with Crippen molar-refractivity contribution >= 4 is 17.9 Å². The second-order valence-corrected chi connectivity index (χ2v) is 17.3. The summed E-state index contributed by atoms with van der Waals surface area (Å²) in [5.41, 5.74) is -8.40. The maximum absolute atomic E-state index is 14.3. The van der Waals surface area contributed by atoms with Crippen molar-refractivity contribution in [3.8, 4) is 0 Å². The van der Waals surface area contributed by atoms with E-state index in [1.165, 1.54) is 21.1 Å². The molecule has 3 aliphatic carbocycles. The minimum absolute atomic E-state index is 0.0328. The number of carbonyl (C=O) groups excluding carboxylic acids is 3. The fourth-order valence-electron chi connectivity index (χ4n) is 12.7. The number of allylic oxidation sites excluding steroid dienone is 2. The Balaban J connectivity index is 1.39. The average molecular weight is 733 g/mol. The topological polar surface area (TPSA) is 175 Å². The Bertz CT molecular complexity index is 1660. The van der Waals surface area contributed by atoms with Gasteiger partial charge in [-0.1, -0.05) is 33.8 Å². The van der Waals surface area contributed by atoms with Gasteiger partial charge in [0.15, 0.2) is 5.60 Å². The fourth-order valence-corrected chi connectivity index (χ4v) is 12.7. The lowest BCUT2D eigenvalue weighted by molar-refractivity contribution is -0.319. The number of esters is 3. The molecule has 8 aliphatic rings. The molecule has 2 bridgehead atoms. The summed E-state index contributed by atoms with van der Waals surface area (Å²) in [5, 5.41) is 26.2. The summed E-state index contributed by atoms with van der Waals surface area (Å²) in [4.78, 5) is 40.7. The standard InChI is InChI=1S/C38H52O14/c1-11-18(4)28(40)50-23-13-22(48-19(5)39)32(6)15-46-25-26(32)35(23)16-47-37(45-10,30(41)44-9)29(35)33(7)27(25)52-34(8)21-12-24(38(33,34)43)51-31-36(21,42)14-20(49-31)17(2)3/h11,14,17,21-27,29,31,42-43H,12-13,15-16H2,1-10H3/b18-11+/t21-,22-,23+,24+,25-,26+,27-,29+,31-,32-,33-,34-,35+,36+,37+,38+/m1/s1. The van der Waals surface area contributed by atoms with E-state index in [0.717, 1.165) is 0 Å². The second-order valence-electron chi connectivity index (χ2n) is 17.3. The van der Waals surface area contributed by atoms with E-state index in [1.807, 2.05) is 27.7 Å². The Morgan fingerprint density at radius 2 is 1.73 bits per heavy atom. The van der Waals surface area contributed by atoms with Gasteiger partial charge in [-0.25, -0.2) is 9.59 Å². The summed E-state index contributed by atoms with van der Waals surface area (Å²) in [6.45, 7) is 14.2. The van der Waals surface area contributed by atoms with Crippen LogP contribution in [0.4, 0.5) is 0 Å². The van der Waals surface area contributed by atoms with E-state index in [-0.39, 0.29) is 32.0 Å². The van der Waals surface area contributed by atoms with Crippen molar-refractivity contribution in [3.63, 3.8) is 0 Å². The second kappa shape index (κ2) is 11.0. The first-order chi connectivity index (χ1) is 24.3. The highest BCUT2D eigenvalue weighted by molar-refractivity contribution is 5.88. The first-order valence-corrected chi connectivity index (χ1v) is 18.4. The van der Waals surface area contributed by atoms with Crippen LogP contribution in [-0.4, -0.2) is 115 Å². The number of carbonyl (C=O) groups is 3. The summed E-state index contributed by atoms with van der Waals surface area (Å²) in [6, 6.07) is 0. The zero-order chi connectivity index (χ0) is 37.8. The normalized spacial score (nSPS) is 53.6. The largest absolute Gasteiger partial charge is 0.466 e. The Kier molecular flexibility index (Phi) is 7.71. The van der Waals surface area contributed by atoms with Crippen LogP contribution in [0.1, 0.15) is 68.2 Å². The summed E-state index contributed by atoms with van der Waals surface area (Å²) in [6.07, 6.45) is -1.94. The first kappa shape index (κ1) is 36.4. The van der Waals surface area contributed by atoms with E-state index in [2.05, 4.69) is 0 Å². The van der Waals surface area contributed by atoms with Crippen molar-refractivity contribution in [2.75, 3.05) is 27.4 Å². The van der Waals surface area contributed by atoms with Gasteiger partial charge in [0, 0.05) is 65.9 Å². The van der Waals surface area contributed by atoms with Crippen molar-refractivity contribution in [1.82, 2.24) is 0 Å². The molecule has 8 rings (SSSR count). The van der Waals surface area contributed by atoms with Gasteiger partial charge in [-0.05, 0) is 33.3 Å². The molecule has 0 aromatic heterocycles. The maximum Gasteiger partial charge on any atom is 0.366 e. The third kappa shape index (κ3) is 3.82. The van der Waals surface area contributed by atoms with Gasteiger partial charge in [0.05, 0.1) is 38.6 Å². The van der Waals surface area contributed by atoms with E-state index in [1.54, 1.807) is 32.9 Å². The molecular formula is C38H52O14. The molecule has 5 heterocycles. The molecule has 4 saturated heterocycles. The van der Waals surface area contributed by atoms with Crippen LogP contribution < -0.4 is 0 Å². The molecule has 0 aromatic carbocycles. The van der Waals surface area contributed by atoms with E-state index < -0.39 is 111 Å².